The van der Waals surface area contributed by atoms with Crippen molar-refractivity contribution < 1.29 is 13.2 Å². The van der Waals surface area contributed by atoms with Crippen LogP contribution in [0.25, 0.3) is 0 Å². The van der Waals surface area contributed by atoms with Crippen molar-refractivity contribution in [3.63, 3.8) is 0 Å². The third kappa shape index (κ3) is 4.46. The monoisotopic (exact) mass is 334 g/mol. The molecule has 124 valence electrons. The maximum Gasteiger partial charge on any atom is 0.240 e. The lowest BCUT2D eigenvalue weighted by Gasteiger charge is -2.27. The lowest BCUT2D eigenvalue weighted by molar-refractivity contribution is 0.414. The van der Waals surface area contributed by atoms with E-state index in [1.165, 1.54) is 12.1 Å². The number of para-hydroxylation sites is 1. The van der Waals surface area contributed by atoms with Gasteiger partial charge in [0, 0.05) is 25.3 Å². The van der Waals surface area contributed by atoms with Gasteiger partial charge in [0.15, 0.2) is 0 Å². The highest BCUT2D eigenvalue weighted by Gasteiger charge is 2.17. The molecule has 0 spiro atoms. The number of methoxy groups -OCH3 is 1. The van der Waals surface area contributed by atoms with Gasteiger partial charge in [-0.25, -0.2) is 13.1 Å². The minimum Gasteiger partial charge on any atom is -0.497 e. The maximum absolute atomic E-state index is 12.3. The van der Waals surface area contributed by atoms with Crippen molar-refractivity contribution in [3.05, 3.63) is 54.6 Å². The second kappa shape index (κ2) is 7.48. The van der Waals surface area contributed by atoms with Crippen LogP contribution in [0.4, 0.5) is 5.69 Å². The van der Waals surface area contributed by atoms with Crippen molar-refractivity contribution >= 4 is 15.7 Å². The van der Waals surface area contributed by atoms with E-state index in [9.17, 15) is 8.42 Å². The Morgan fingerprint density at radius 1 is 1.09 bits per heavy atom. The summed E-state index contributed by atoms with van der Waals surface area (Å²) in [6.45, 7) is 2.29. The summed E-state index contributed by atoms with van der Waals surface area (Å²) in [6, 6.07) is 16.2. The van der Waals surface area contributed by atoms with Gasteiger partial charge in [-0.1, -0.05) is 18.2 Å². The van der Waals surface area contributed by atoms with Crippen molar-refractivity contribution in [2.75, 3.05) is 25.6 Å². The molecule has 1 atom stereocenters. The Bertz CT molecular complexity index is 715. The van der Waals surface area contributed by atoms with Gasteiger partial charge in [0.05, 0.1) is 12.0 Å². The first kappa shape index (κ1) is 17.3. The Morgan fingerprint density at radius 3 is 2.26 bits per heavy atom. The summed E-state index contributed by atoms with van der Waals surface area (Å²) in [4.78, 5) is 2.27. The predicted octanol–water partition coefficient (Wildman–Crippen LogP) is 2.50. The maximum atomic E-state index is 12.3. The number of benzene rings is 2. The van der Waals surface area contributed by atoms with E-state index in [0.717, 1.165) is 5.69 Å². The normalized spacial score (nSPS) is 12.7. The number of ether oxygens (including phenoxy) is 1. The Hall–Kier alpha value is -2.05. The van der Waals surface area contributed by atoms with Gasteiger partial charge in [-0.15, -0.1) is 0 Å². The highest BCUT2D eigenvalue weighted by Crippen LogP contribution is 2.16. The molecule has 2 rings (SSSR count). The minimum absolute atomic E-state index is 0.0189. The Balaban J connectivity index is 2.00. The van der Waals surface area contributed by atoms with Gasteiger partial charge in [-0.3, -0.25) is 0 Å². The van der Waals surface area contributed by atoms with Gasteiger partial charge in [0.1, 0.15) is 5.75 Å². The first-order valence-corrected chi connectivity index (χ1v) is 8.84. The molecule has 6 heteroatoms. The van der Waals surface area contributed by atoms with E-state index in [2.05, 4.69) is 4.72 Å². The number of rotatable bonds is 7. The van der Waals surface area contributed by atoms with Gasteiger partial charge in [0.25, 0.3) is 0 Å². The zero-order chi connectivity index (χ0) is 16.9. The van der Waals surface area contributed by atoms with E-state index in [1.807, 2.05) is 49.2 Å². The lowest BCUT2D eigenvalue weighted by Crippen LogP contribution is -2.40. The summed E-state index contributed by atoms with van der Waals surface area (Å²) >= 11 is 0. The Labute approximate surface area is 137 Å². The molecule has 0 bridgehead atoms. The third-order valence-corrected chi connectivity index (χ3v) is 5.20. The van der Waals surface area contributed by atoms with E-state index in [4.69, 9.17) is 4.74 Å². The molecule has 1 N–H and O–H groups in total. The smallest absolute Gasteiger partial charge is 0.240 e. The molecule has 2 aromatic rings. The van der Waals surface area contributed by atoms with Crippen molar-refractivity contribution in [3.8, 4) is 5.75 Å². The molecular formula is C17H22N2O3S. The first-order chi connectivity index (χ1) is 10.9. The Morgan fingerprint density at radius 2 is 1.70 bits per heavy atom. The van der Waals surface area contributed by atoms with Crippen LogP contribution in [-0.2, 0) is 10.0 Å². The molecule has 0 fully saturated rings. The fraction of sp³-hybridized carbons (Fsp3) is 0.294. The minimum atomic E-state index is -3.53. The van der Waals surface area contributed by atoms with Crippen LogP contribution in [-0.4, -0.2) is 35.2 Å². The zero-order valence-electron chi connectivity index (χ0n) is 13.6. The van der Waals surface area contributed by atoms with Crippen LogP contribution < -0.4 is 14.4 Å². The second-order valence-corrected chi connectivity index (χ2v) is 7.09. The number of hydrogen-bond donors (Lipinski definition) is 1. The van der Waals surface area contributed by atoms with Crippen molar-refractivity contribution in [1.82, 2.24) is 4.72 Å². The number of hydrogen-bond acceptors (Lipinski definition) is 4. The number of sulfonamides is 1. The summed E-state index contributed by atoms with van der Waals surface area (Å²) in [5.41, 5.74) is 1.05. The molecule has 0 heterocycles. The molecule has 1 unspecified atom stereocenters. The van der Waals surface area contributed by atoms with E-state index in [1.54, 1.807) is 19.2 Å². The summed E-state index contributed by atoms with van der Waals surface area (Å²) in [5.74, 6) is 0.626. The first-order valence-electron chi connectivity index (χ1n) is 7.35. The summed E-state index contributed by atoms with van der Waals surface area (Å²) in [6.07, 6.45) is 0. The van der Waals surface area contributed by atoms with Crippen LogP contribution >= 0.6 is 0 Å². The second-order valence-electron chi connectivity index (χ2n) is 5.32. The van der Waals surface area contributed by atoms with Crippen molar-refractivity contribution in [2.45, 2.75) is 17.9 Å². The highest BCUT2D eigenvalue weighted by molar-refractivity contribution is 7.89. The largest absolute Gasteiger partial charge is 0.497 e. The Kier molecular flexibility index (Phi) is 5.63. The third-order valence-electron chi connectivity index (χ3n) is 3.76. The molecule has 0 saturated carbocycles. The average Bonchev–Trinajstić information content (AvgIpc) is 2.60. The number of likely N-dealkylation sites (N-methyl/N-ethyl adjacent to an activating group) is 1. The van der Waals surface area contributed by atoms with Crippen LogP contribution in [0.5, 0.6) is 5.75 Å². The van der Waals surface area contributed by atoms with Crippen molar-refractivity contribution in [2.24, 2.45) is 0 Å². The molecule has 0 aliphatic carbocycles. The molecule has 0 amide bonds. The van der Waals surface area contributed by atoms with Gasteiger partial charge >= 0.3 is 0 Å². The standard InChI is InChI=1S/C17H22N2O3S/c1-14(19(2)15-7-5-4-6-8-15)13-18-23(20,21)17-11-9-16(22-3)10-12-17/h4-12,14,18H,13H2,1-3H3. The molecule has 2 aromatic carbocycles. The molecule has 0 aliphatic rings. The SMILES string of the molecule is COc1ccc(S(=O)(=O)NCC(C)N(C)c2ccccc2)cc1. The van der Waals surface area contributed by atoms with Gasteiger partial charge < -0.3 is 9.64 Å². The summed E-state index contributed by atoms with van der Waals surface area (Å²) in [5, 5.41) is 0. The van der Waals surface area contributed by atoms with Gasteiger partial charge in [-0.2, -0.15) is 0 Å². The van der Waals surface area contributed by atoms with Crippen molar-refractivity contribution in [1.29, 1.82) is 0 Å². The topological polar surface area (TPSA) is 58.6 Å². The average molecular weight is 334 g/mol. The quantitative estimate of drug-likeness (QED) is 0.845. The number of anilines is 1. The van der Waals surface area contributed by atoms with Crippen LogP contribution in [0.1, 0.15) is 6.92 Å². The van der Waals surface area contributed by atoms with Gasteiger partial charge in [-0.05, 0) is 43.3 Å². The highest BCUT2D eigenvalue weighted by atomic mass is 32.2. The fourth-order valence-electron chi connectivity index (χ4n) is 2.12. The van der Waals surface area contributed by atoms with Crippen LogP contribution in [0, 0.1) is 0 Å². The van der Waals surface area contributed by atoms with Gasteiger partial charge in [0.2, 0.25) is 10.0 Å². The van der Waals surface area contributed by atoms with E-state index in [0.29, 0.717) is 12.3 Å². The number of nitrogens with one attached hydrogen (secondary N) is 1. The van der Waals surface area contributed by atoms with E-state index in [-0.39, 0.29) is 10.9 Å². The van der Waals surface area contributed by atoms with E-state index < -0.39 is 10.0 Å². The predicted molar refractivity (Wildman–Crippen MR) is 92.5 cm³/mol. The van der Waals surface area contributed by atoms with Crippen LogP contribution in [0.3, 0.4) is 0 Å². The van der Waals surface area contributed by atoms with Crippen LogP contribution in [0.15, 0.2) is 59.5 Å². The van der Waals surface area contributed by atoms with E-state index >= 15 is 0 Å². The number of nitrogens with zero attached hydrogens (tertiary/aromatic N) is 1. The zero-order valence-corrected chi connectivity index (χ0v) is 14.4. The summed E-state index contributed by atoms with van der Waals surface area (Å²) in [7, 11) is -0.0376. The van der Waals surface area contributed by atoms with Crippen LogP contribution in [0.2, 0.25) is 0 Å². The fourth-order valence-corrected chi connectivity index (χ4v) is 3.24. The molecule has 0 saturated heterocycles. The molecule has 0 aromatic heterocycles. The molecule has 5 nitrogen and oxygen atoms in total. The summed E-state index contributed by atoms with van der Waals surface area (Å²) < 4.78 is 32.3. The molecule has 0 aliphatic heterocycles. The molecular weight excluding hydrogens is 312 g/mol. The lowest BCUT2D eigenvalue weighted by atomic mass is 10.2. The molecule has 0 radical (unpaired) electrons. The molecule has 23 heavy (non-hydrogen) atoms.